The number of nitrogens with two attached hydrogens (primary N) is 2. The molecule has 1 aromatic heterocycles. The zero-order valence-electron chi connectivity index (χ0n) is 10.4. The van der Waals surface area contributed by atoms with Gasteiger partial charge in [-0.05, 0) is 12.8 Å². The van der Waals surface area contributed by atoms with E-state index in [1.165, 1.54) is 0 Å². The van der Waals surface area contributed by atoms with Gasteiger partial charge >= 0.3 is 0 Å². The maximum absolute atomic E-state index is 12.5. The minimum atomic E-state index is -3.85. The summed E-state index contributed by atoms with van der Waals surface area (Å²) in [5.74, 6) is -0.718. The Morgan fingerprint density at radius 1 is 1.47 bits per heavy atom. The van der Waals surface area contributed by atoms with E-state index in [0.717, 1.165) is 36.2 Å². The summed E-state index contributed by atoms with van der Waals surface area (Å²) < 4.78 is 26.2. The summed E-state index contributed by atoms with van der Waals surface area (Å²) in [6.07, 6.45) is 4.48. The summed E-state index contributed by atoms with van der Waals surface area (Å²) in [4.78, 5) is 11.0. The minimum Gasteiger partial charge on any atom is -0.383 e. The zero-order valence-corrected chi connectivity index (χ0v) is 11.2. The molecule has 1 aromatic rings. The summed E-state index contributed by atoms with van der Waals surface area (Å²) >= 11 is 0. The van der Waals surface area contributed by atoms with Crippen LogP contribution in [0.5, 0.6) is 0 Å². The number of carbonyl (C=O) groups excluding carboxylic acids is 1. The Kier molecular flexibility index (Phi) is 3.76. The van der Waals surface area contributed by atoms with E-state index in [9.17, 15) is 13.2 Å². The number of hydrogen-bond acceptors (Lipinski definition) is 5. The maximum atomic E-state index is 12.5. The molecular weight excluding hydrogens is 270 g/mol. The van der Waals surface area contributed by atoms with Gasteiger partial charge in [0.25, 0.3) is 0 Å². The molecule has 0 spiro atoms. The van der Waals surface area contributed by atoms with Gasteiger partial charge in [-0.15, -0.1) is 0 Å². The summed E-state index contributed by atoms with van der Waals surface area (Å²) in [7, 11) is -3.85. The highest BCUT2D eigenvalue weighted by atomic mass is 32.2. The average molecular weight is 287 g/mol. The lowest BCUT2D eigenvalue weighted by Gasteiger charge is -2.26. The third-order valence-electron chi connectivity index (χ3n) is 3.26. The van der Waals surface area contributed by atoms with E-state index in [4.69, 9.17) is 11.5 Å². The second kappa shape index (κ2) is 5.17. The summed E-state index contributed by atoms with van der Waals surface area (Å²) in [5.41, 5.74) is 10.7. The maximum Gasteiger partial charge on any atom is 0.249 e. The van der Waals surface area contributed by atoms with E-state index in [2.05, 4.69) is 10.2 Å². The summed E-state index contributed by atoms with van der Waals surface area (Å²) in [6.45, 7) is -0.336. The number of amides is 1. The largest absolute Gasteiger partial charge is 0.383 e. The second-order valence-corrected chi connectivity index (χ2v) is 6.46. The Morgan fingerprint density at radius 3 is 2.58 bits per heavy atom. The molecule has 0 atom stereocenters. The number of carbonyl (C=O) groups is 1. The van der Waals surface area contributed by atoms with Crippen LogP contribution >= 0.6 is 0 Å². The van der Waals surface area contributed by atoms with Gasteiger partial charge in [-0.3, -0.25) is 9.89 Å². The molecule has 1 fully saturated rings. The van der Waals surface area contributed by atoms with Crippen LogP contribution in [-0.2, 0) is 14.8 Å². The van der Waals surface area contributed by atoms with Crippen LogP contribution in [0.1, 0.15) is 25.7 Å². The van der Waals surface area contributed by atoms with E-state index in [1.54, 1.807) is 0 Å². The van der Waals surface area contributed by atoms with Gasteiger partial charge < -0.3 is 11.5 Å². The molecule has 8 nitrogen and oxygen atoms in total. The quantitative estimate of drug-likeness (QED) is 0.665. The number of sulfonamides is 1. The molecule has 0 bridgehead atoms. The molecule has 5 N–H and O–H groups in total. The number of rotatable bonds is 5. The Hall–Kier alpha value is -1.61. The number of anilines is 1. The predicted molar refractivity (Wildman–Crippen MR) is 68.3 cm³/mol. The second-order valence-electron chi connectivity index (χ2n) is 4.60. The standard InChI is InChI=1S/C10H17N5O3S/c11-9(16)6-15(7-3-1-2-4-7)19(17,18)8-5-13-14-10(8)12/h5,7H,1-4,6H2,(H2,11,16)(H3,12,13,14). The van der Waals surface area contributed by atoms with E-state index < -0.39 is 15.9 Å². The number of aromatic nitrogens is 2. The molecule has 106 valence electrons. The molecule has 0 saturated heterocycles. The normalized spacial score (nSPS) is 17.1. The van der Waals surface area contributed by atoms with Crippen molar-refractivity contribution in [2.24, 2.45) is 5.73 Å². The van der Waals surface area contributed by atoms with E-state index in [-0.39, 0.29) is 23.3 Å². The average Bonchev–Trinajstić information content (AvgIpc) is 2.95. The molecule has 1 heterocycles. The van der Waals surface area contributed by atoms with Gasteiger partial charge in [0.15, 0.2) is 0 Å². The number of hydrogen-bond donors (Lipinski definition) is 3. The molecule has 0 unspecified atom stereocenters. The van der Waals surface area contributed by atoms with Crippen molar-refractivity contribution in [3.05, 3.63) is 6.20 Å². The molecule has 9 heteroatoms. The molecule has 0 aromatic carbocycles. The van der Waals surface area contributed by atoms with Crippen LogP contribution in [0.4, 0.5) is 5.82 Å². The van der Waals surface area contributed by atoms with Crippen LogP contribution < -0.4 is 11.5 Å². The fourth-order valence-corrected chi connectivity index (χ4v) is 4.04. The monoisotopic (exact) mass is 287 g/mol. The number of nitrogens with zero attached hydrogens (tertiary/aromatic N) is 2. The van der Waals surface area contributed by atoms with Crippen molar-refractivity contribution in [2.45, 2.75) is 36.6 Å². The molecular formula is C10H17N5O3S. The highest BCUT2D eigenvalue weighted by molar-refractivity contribution is 7.89. The molecule has 1 aliphatic rings. The van der Waals surface area contributed by atoms with Gasteiger partial charge in [0.05, 0.1) is 12.7 Å². The molecule has 1 amide bonds. The van der Waals surface area contributed by atoms with Crippen LogP contribution in [0.25, 0.3) is 0 Å². The Balaban J connectivity index is 2.36. The van der Waals surface area contributed by atoms with Gasteiger partial charge in [0.2, 0.25) is 15.9 Å². The lowest BCUT2D eigenvalue weighted by atomic mass is 10.2. The SMILES string of the molecule is NC(=O)CN(C1CCCC1)S(=O)(=O)c1cn[nH]c1N. The van der Waals surface area contributed by atoms with E-state index in [0.29, 0.717) is 0 Å². The Bertz CT molecular complexity index is 561. The Labute approximate surface area is 111 Å². The van der Waals surface area contributed by atoms with Gasteiger partial charge in [-0.1, -0.05) is 12.8 Å². The predicted octanol–water partition coefficient (Wildman–Crippen LogP) is -0.589. The summed E-state index contributed by atoms with van der Waals surface area (Å²) in [6, 6.07) is -0.202. The van der Waals surface area contributed by atoms with Crippen molar-refractivity contribution < 1.29 is 13.2 Å². The Morgan fingerprint density at radius 2 is 2.11 bits per heavy atom. The fraction of sp³-hybridized carbons (Fsp3) is 0.600. The lowest BCUT2D eigenvalue weighted by Crippen LogP contribution is -2.44. The first-order valence-corrected chi connectivity index (χ1v) is 7.46. The van der Waals surface area contributed by atoms with Gasteiger partial charge in [0, 0.05) is 6.04 Å². The van der Waals surface area contributed by atoms with Gasteiger partial charge in [0.1, 0.15) is 10.7 Å². The molecule has 1 saturated carbocycles. The lowest BCUT2D eigenvalue weighted by molar-refractivity contribution is -0.118. The number of primary amides is 1. The van der Waals surface area contributed by atoms with Gasteiger partial charge in [-0.2, -0.15) is 9.40 Å². The first-order valence-electron chi connectivity index (χ1n) is 6.02. The van der Waals surface area contributed by atoms with Crippen molar-refractivity contribution in [3.63, 3.8) is 0 Å². The van der Waals surface area contributed by atoms with Crippen molar-refractivity contribution in [3.8, 4) is 0 Å². The van der Waals surface area contributed by atoms with Crippen molar-refractivity contribution in [1.82, 2.24) is 14.5 Å². The molecule has 0 aliphatic heterocycles. The number of nitrogens with one attached hydrogen (secondary N) is 1. The van der Waals surface area contributed by atoms with Crippen LogP contribution in [0, 0.1) is 0 Å². The van der Waals surface area contributed by atoms with Gasteiger partial charge in [-0.25, -0.2) is 8.42 Å². The van der Waals surface area contributed by atoms with Crippen molar-refractivity contribution in [1.29, 1.82) is 0 Å². The number of aromatic amines is 1. The minimum absolute atomic E-state index is 0.0348. The molecule has 2 rings (SSSR count). The zero-order chi connectivity index (χ0) is 14.0. The van der Waals surface area contributed by atoms with Crippen LogP contribution in [0.3, 0.4) is 0 Å². The highest BCUT2D eigenvalue weighted by Crippen LogP contribution is 2.29. The smallest absolute Gasteiger partial charge is 0.249 e. The first kappa shape index (κ1) is 13.8. The van der Waals surface area contributed by atoms with Crippen LogP contribution in [-0.4, -0.2) is 41.4 Å². The third kappa shape index (κ3) is 2.71. The van der Waals surface area contributed by atoms with Crippen LogP contribution in [0.15, 0.2) is 11.1 Å². The topological polar surface area (TPSA) is 135 Å². The summed E-state index contributed by atoms with van der Waals surface area (Å²) in [5, 5.41) is 5.98. The third-order valence-corrected chi connectivity index (χ3v) is 5.19. The fourth-order valence-electron chi connectivity index (χ4n) is 2.37. The first-order chi connectivity index (χ1) is 8.93. The van der Waals surface area contributed by atoms with E-state index >= 15 is 0 Å². The molecule has 0 radical (unpaired) electrons. The highest BCUT2D eigenvalue weighted by Gasteiger charge is 2.36. The van der Waals surface area contributed by atoms with E-state index in [1.807, 2.05) is 0 Å². The van der Waals surface area contributed by atoms with Crippen molar-refractivity contribution in [2.75, 3.05) is 12.3 Å². The number of H-pyrrole nitrogens is 1. The molecule has 19 heavy (non-hydrogen) atoms. The van der Waals surface area contributed by atoms with Crippen molar-refractivity contribution >= 4 is 21.7 Å². The number of nitrogen functional groups attached to an aromatic ring is 1. The van der Waals surface area contributed by atoms with Crippen LogP contribution in [0.2, 0.25) is 0 Å². The molecule has 1 aliphatic carbocycles.